The lowest BCUT2D eigenvalue weighted by Crippen LogP contribution is -2.39. The molecule has 0 radical (unpaired) electrons. The SMILES string of the molecule is O=C(Nc1cccc(C(F)(F)F)c1)[C@H]1COCCO1. The van der Waals surface area contributed by atoms with E-state index in [1.165, 1.54) is 12.1 Å². The fraction of sp³-hybridized carbons (Fsp3) is 0.417. The van der Waals surface area contributed by atoms with Crippen molar-refractivity contribution in [2.24, 2.45) is 0 Å². The summed E-state index contributed by atoms with van der Waals surface area (Å²) in [6, 6.07) is 4.44. The Kier molecular flexibility index (Phi) is 4.06. The molecule has 1 aliphatic heterocycles. The highest BCUT2D eigenvalue weighted by Gasteiger charge is 2.31. The minimum absolute atomic E-state index is 0.0778. The number of hydrogen-bond donors (Lipinski definition) is 1. The molecule has 1 aromatic rings. The molecule has 1 aliphatic rings. The Labute approximate surface area is 107 Å². The average molecular weight is 275 g/mol. The van der Waals surface area contributed by atoms with Crippen LogP contribution in [0, 0.1) is 0 Å². The van der Waals surface area contributed by atoms with Crippen molar-refractivity contribution < 1.29 is 27.4 Å². The molecule has 0 spiro atoms. The van der Waals surface area contributed by atoms with Crippen LogP contribution in [0.25, 0.3) is 0 Å². The van der Waals surface area contributed by atoms with Crippen molar-refractivity contribution in [1.82, 2.24) is 0 Å². The summed E-state index contributed by atoms with van der Waals surface area (Å²) in [4.78, 5) is 11.7. The molecule has 2 rings (SSSR count). The predicted molar refractivity (Wildman–Crippen MR) is 60.6 cm³/mol. The van der Waals surface area contributed by atoms with Crippen LogP contribution in [-0.4, -0.2) is 31.8 Å². The fourth-order valence-corrected chi connectivity index (χ4v) is 1.64. The van der Waals surface area contributed by atoms with Gasteiger partial charge in [-0.1, -0.05) is 6.07 Å². The second kappa shape index (κ2) is 5.58. The van der Waals surface area contributed by atoms with Gasteiger partial charge in [-0.3, -0.25) is 4.79 Å². The van der Waals surface area contributed by atoms with Gasteiger partial charge < -0.3 is 14.8 Å². The van der Waals surface area contributed by atoms with Crippen LogP contribution >= 0.6 is 0 Å². The fourth-order valence-electron chi connectivity index (χ4n) is 1.64. The molecule has 1 aromatic carbocycles. The molecule has 0 saturated carbocycles. The van der Waals surface area contributed by atoms with Crippen LogP contribution in [0.15, 0.2) is 24.3 Å². The highest BCUT2D eigenvalue weighted by Crippen LogP contribution is 2.30. The van der Waals surface area contributed by atoms with E-state index in [1.807, 2.05) is 0 Å². The molecule has 1 heterocycles. The molecule has 1 saturated heterocycles. The summed E-state index contributed by atoms with van der Waals surface area (Å²) in [6.45, 7) is 0.804. The van der Waals surface area contributed by atoms with E-state index >= 15 is 0 Å². The smallest absolute Gasteiger partial charge is 0.376 e. The van der Waals surface area contributed by atoms with Gasteiger partial charge in [0, 0.05) is 5.69 Å². The predicted octanol–water partition coefficient (Wildman–Crippen LogP) is 2.06. The number of carbonyl (C=O) groups is 1. The lowest BCUT2D eigenvalue weighted by Gasteiger charge is -2.22. The summed E-state index contributed by atoms with van der Waals surface area (Å²) in [6.07, 6.45) is -5.23. The van der Waals surface area contributed by atoms with Crippen molar-refractivity contribution in [2.75, 3.05) is 25.1 Å². The van der Waals surface area contributed by atoms with Gasteiger partial charge in [-0.25, -0.2) is 0 Å². The van der Waals surface area contributed by atoms with Crippen LogP contribution in [0.2, 0.25) is 0 Å². The minimum atomic E-state index is -4.44. The van der Waals surface area contributed by atoms with Crippen LogP contribution in [-0.2, 0) is 20.4 Å². The van der Waals surface area contributed by atoms with E-state index in [1.54, 1.807) is 0 Å². The van der Waals surface area contributed by atoms with Gasteiger partial charge in [-0.2, -0.15) is 13.2 Å². The normalized spacial score (nSPS) is 20.1. The van der Waals surface area contributed by atoms with Crippen LogP contribution in [0.5, 0.6) is 0 Å². The second-order valence-corrected chi connectivity index (χ2v) is 4.00. The lowest BCUT2D eigenvalue weighted by atomic mass is 10.2. The van der Waals surface area contributed by atoms with Gasteiger partial charge in [0.25, 0.3) is 5.91 Å². The van der Waals surface area contributed by atoms with E-state index in [4.69, 9.17) is 9.47 Å². The summed E-state index contributed by atoms with van der Waals surface area (Å²) < 4.78 is 47.7. The van der Waals surface area contributed by atoms with E-state index in [9.17, 15) is 18.0 Å². The average Bonchev–Trinajstić information content (AvgIpc) is 2.39. The topological polar surface area (TPSA) is 47.6 Å². The highest BCUT2D eigenvalue weighted by molar-refractivity contribution is 5.94. The van der Waals surface area contributed by atoms with Crippen LogP contribution in [0.1, 0.15) is 5.56 Å². The van der Waals surface area contributed by atoms with Gasteiger partial charge in [0.1, 0.15) is 0 Å². The number of anilines is 1. The number of nitrogens with one attached hydrogen (secondary N) is 1. The van der Waals surface area contributed by atoms with Crippen molar-refractivity contribution in [1.29, 1.82) is 0 Å². The third-order valence-corrected chi connectivity index (χ3v) is 2.57. The molecular weight excluding hydrogens is 263 g/mol. The monoisotopic (exact) mass is 275 g/mol. The number of ether oxygens (including phenoxy) is 2. The van der Waals surface area contributed by atoms with Gasteiger partial charge in [0.15, 0.2) is 6.10 Å². The Balaban J connectivity index is 2.04. The summed E-state index contributed by atoms with van der Waals surface area (Å²) in [5.41, 5.74) is -0.736. The highest BCUT2D eigenvalue weighted by atomic mass is 19.4. The number of alkyl halides is 3. The number of carbonyl (C=O) groups excluding carboxylic acids is 1. The molecule has 0 aliphatic carbocycles. The number of halogens is 3. The van der Waals surface area contributed by atoms with E-state index < -0.39 is 23.8 Å². The number of amides is 1. The first-order valence-electron chi connectivity index (χ1n) is 5.64. The summed E-state index contributed by atoms with van der Waals surface area (Å²) in [5.74, 6) is -0.515. The van der Waals surface area contributed by atoms with E-state index in [0.717, 1.165) is 12.1 Å². The van der Waals surface area contributed by atoms with Crippen molar-refractivity contribution in [3.05, 3.63) is 29.8 Å². The summed E-state index contributed by atoms with van der Waals surface area (Å²) in [7, 11) is 0. The zero-order chi connectivity index (χ0) is 13.9. The molecule has 104 valence electrons. The Morgan fingerprint density at radius 2 is 2.11 bits per heavy atom. The lowest BCUT2D eigenvalue weighted by molar-refractivity contribution is -0.142. The number of benzene rings is 1. The molecule has 1 fully saturated rings. The first-order chi connectivity index (χ1) is 8.97. The number of rotatable bonds is 2. The second-order valence-electron chi connectivity index (χ2n) is 4.00. The molecule has 7 heteroatoms. The number of hydrogen-bond acceptors (Lipinski definition) is 3. The Bertz CT molecular complexity index is 456. The van der Waals surface area contributed by atoms with Crippen molar-refractivity contribution in [3.63, 3.8) is 0 Å². The molecule has 1 N–H and O–H groups in total. The summed E-state index contributed by atoms with van der Waals surface area (Å²) >= 11 is 0. The Morgan fingerprint density at radius 3 is 2.74 bits per heavy atom. The maximum atomic E-state index is 12.5. The van der Waals surface area contributed by atoms with Crippen molar-refractivity contribution in [3.8, 4) is 0 Å². The zero-order valence-corrected chi connectivity index (χ0v) is 9.87. The van der Waals surface area contributed by atoms with E-state index in [-0.39, 0.29) is 12.3 Å². The molecule has 0 unspecified atom stereocenters. The third kappa shape index (κ3) is 3.68. The largest absolute Gasteiger partial charge is 0.416 e. The van der Waals surface area contributed by atoms with Gasteiger partial charge >= 0.3 is 6.18 Å². The van der Waals surface area contributed by atoms with Crippen molar-refractivity contribution in [2.45, 2.75) is 12.3 Å². The maximum absolute atomic E-state index is 12.5. The molecule has 0 bridgehead atoms. The third-order valence-electron chi connectivity index (χ3n) is 2.57. The molecule has 19 heavy (non-hydrogen) atoms. The first-order valence-corrected chi connectivity index (χ1v) is 5.64. The van der Waals surface area contributed by atoms with Crippen LogP contribution in [0.4, 0.5) is 18.9 Å². The molecule has 1 amide bonds. The van der Waals surface area contributed by atoms with Crippen molar-refractivity contribution >= 4 is 11.6 Å². The Morgan fingerprint density at radius 1 is 1.32 bits per heavy atom. The van der Waals surface area contributed by atoms with Gasteiger partial charge in [0.2, 0.25) is 0 Å². The maximum Gasteiger partial charge on any atom is 0.416 e. The van der Waals surface area contributed by atoms with Gasteiger partial charge in [0.05, 0.1) is 25.4 Å². The zero-order valence-electron chi connectivity index (χ0n) is 9.87. The molecule has 1 atom stereocenters. The van der Waals surface area contributed by atoms with Gasteiger partial charge in [-0.15, -0.1) is 0 Å². The standard InChI is InChI=1S/C12H12F3NO3/c13-12(14,15)8-2-1-3-9(6-8)16-11(17)10-7-18-4-5-19-10/h1-3,6,10H,4-5,7H2,(H,16,17)/t10-/m1/s1. The quantitative estimate of drug-likeness (QED) is 0.898. The minimum Gasteiger partial charge on any atom is -0.376 e. The molecular formula is C12H12F3NO3. The summed E-state index contributed by atoms with van der Waals surface area (Å²) in [5, 5.41) is 2.38. The van der Waals surface area contributed by atoms with E-state index in [0.29, 0.717) is 13.2 Å². The Hall–Kier alpha value is -1.60. The van der Waals surface area contributed by atoms with Crippen LogP contribution in [0.3, 0.4) is 0 Å². The van der Waals surface area contributed by atoms with E-state index in [2.05, 4.69) is 5.32 Å². The van der Waals surface area contributed by atoms with Gasteiger partial charge in [-0.05, 0) is 18.2 Å². The molecule has 0 aromatic heterocycles. The molecule has 4 nitrogen and oxygen atoms in total. The van der Waals surface area contributed by atoms with Crippen LogP contribution < -0.4 is 5.32 Å². The first kappa shape index (κ1) is 13.8.